The molecule has 0 saturated carbocycles. The molecule has 0 atom stereocenters. The normalized spacial score (nSPS) is 15.0. The summed E-state index contributed by atoms with van der Waals surface area (Å²) in [6.45, 7) is 12.0. The Labute approximate surface area is 163 Å². The van der Waals surface area contributed by atoms with Crippen molar-refractivity contribution in [2.75, 3.05) is 51.3 Å². The van der Waals surface area contributed by atoms with Gasteiger partial charge in [0.2, 0.25) is 0 Å². The second-order valence-corrected chi connectivity index (χ2v) is 6.96. The molecular formula is C21H34N4O2. The first-order chi connectivity index (χ1) is 13.1. The Balaban J connectivity index is 1.87. The van der Waals surface area contributed by atoms with Gasteiger partial charge in [0.05, 0.1) is 7.11 Å². The van der Waals surface area contributed by atoms with E-state index in [1.807, 2.05) is 0 Å². The average Bonchev–Trinajstić information content (AvgIpc) is 2.69. The highest BCUT2D eigenvalue weighted by Gasteiger charge is 2.20. The van der Waals surface area contributed by atoms with E-state index in [9.17, 15) is 4.79 Å². The van der Waals surface area contributed by atoms with Gasteiger partial charge in [-0.25, -0.2) is 0 Å². The van der Waals surface area contributed by atoms with Gasteiger partial charge < -0.3 is 19.9 Å². The van der Waals surface area contributed by atoms with Crippen molar-refractivity contribution in [3.05, 3.63) is 29.3 Å². The number of aryl methyl sites for hydroxylation is 1. The first-order valence-electron chi connectivity index (χ1n) is 9.98. The molecule has 0 bridgehead atoms. The molecule has 2 rings (SSSR count). The van der Waals surface area contributed by atoms with E-state index in [1.54, 1.807) is 0 Å². The van der Waals surface area contributed by atoms with Crippen LogP contribution in [0.15, 0.2) is 23.2 Å². The number of anilines is 1. The third kappa shape index (κ3) is 6.15. The minimum absolute atomic E-state index is 0.145. The summed E-state index contributed by atoms with van der Waals surface area (Å²) in [5, 5.41) is 3.40. The number of hydrogen-bond donors (Lipinski definition) is 1. The van der Waals surface area contributed by atoms with Crippen LogP contribution in [-0.2, 0) is 9.53 Å². The molecule has 1 N–H and O–H groups in total. The lowest BCUT2D eigenvalue weighted by molar-refractivity contribution is -0.140. The molecular weight excluding hydrogens is 340 g/mol. The summed E-state index contributed by atoms with van der Waals surface area (Å²) < 4.78 is 4.67. The number of aliphatic imine (C=N–C) groups is 1. The average molecular weight is 375 g/mol. The molecule has 0 unspecified atom stereocenters. The Bertz CT molecular complexity index is 637. The van der Waals surface area contributed by atoms with Gasteiger partial charge in [0.25, 0.3) is 0 Å². The number of hydrogen-bond acceptors (Lipinski definition) is 4. The van der Waals surface area contributed by atoms with Crippen molar-refractivity contribution < 1.29 is 9.53 Å². The number of guanidine groups is 1. The van der Waals surface area contributed by atoms with Crippen molar-refractivity contribution in [2.24, 2.45) is 4.99 Å². The fourth-order valence-corrected chi connectivity index (χ4v) is 3.33. The zero-order chi connectivity index (χ0) is 19.6. The molecule has 1 aliphatic heterocycles. The molecule has 0 radical (unpaired) electrons. The van der Waals surface area contributed by atoms with Gasteiger partial charge in [0.1, 0.15) is 0 Å². The summed E-state index contributed by atoms with van der Waals surface area (Å²) in [6.07, 6.45) is 2.18. The number of benzene rings is 1. The predicted octanol–water partition coefficient (Wildman–Crippen LogP) is 2.73. The number of carbonyl (C=O) groups is 1. The van der Waals surface area contributed by atoms with Gasteiger partial charge in [-0.15, -0.1) is 0 Å². The second kappa shape index (κ2) is 10.8. The van der Waals surface area contributed by atoms with Crippen LogP contribution in [0, 0.1) is 13.8 Å². The van der Waals surface area contributed by atoms with Gasteiger partial charge >= 0.3 is 5.97 Å². The minimum atomic E-state index is -0.145. The second-order valence-electron chi connectivity index (χ2n) is 6.96. The van der Waals surface area contributed by atoms with Crippen molar-refractivity contribution in [1.82, 2.24) is 10.2 Å². The van der Waals surface area contributed by atoms with E-state index in [2.05, 4.69) is 58.8 Å². The van der Waals surface area contributed by atoms with Crippen LogP contribution in [0.1, 0.15) is 37.3 Å². The monoisotopic (exact) mass is 374 g/mol. The maximum atomic E-state index is 11.2. The largest absolute Gasteiger partial charge is 0.469 e. The number of nitrogens with zero attached hydrogens (tertiary/aromatic N) is 3. The van der Waals surface area contributed by atoms with E-state index in [0.29, 0.717) is 6.42 Å². The van der Waals surface area contributed by atoms with Crippen LogP contribution >= 0.6 is 0 Å². The molecule has 1 saturated heterocycles. The highest BCUT2D eigenvalue weighted by Crippen LogP contribution is 2.23. The number of unbranched alkanes of at least 4 members (excludes halogenated alkanes) is 1. The summed E-state index contributed by atoms with van der Waals surface area (Å²) in [5.41, 5.74) is 4.06. The molecule has 6 heteroatoms. The lowest BCUT2D eigenvalue weighted by Gasteiger charge is -2.38. The van der Waals surface area contributed by atoms with Crippen LogP contribution in [0.3, 0.4) is 0 Å². The molecule has 27 heavy (non-hydrogen) atoms. The van der Waals surface area contributed by atoms with Crippen LogP contribution in [0.2, 0.25) is 0 Å². The topological polar surface area (TPSA) is 57.2 Å². The number of esters is 1. The number of piperazine rings is 1. The Morgan fingerprint density at radius 2 is 1.93 bits per heavy atom. The summed E-state index contributed by atoms with van der Waals surface area (Å²) >= 11 is 0. The first-order valence-corrected chi connectivity index (χ1v) is 9.98. The number of carbonyl (C=O) groups excluding carboxylic acids is 1. The van der Waals surface area contributed by atoms with Crippen molar-refractivity contribution in [1.29, 1.82) is 0 Å². The summed E-state index contributed by atoms with van der Waals surface area (Å²) in [6, 6.07) is 6.54. The van der Waals surface area contributed by atoms with Gasteiger partial charge in [0, 0.05) is 51.4 Å². The number of ether oxygens (including phenoxy) is 1. The van der Waals surface area contributed by atoms with Crippen LogP contribution in [0.4, 0.5) is 5.69 Å². The number of nitrogens with one attached hydrogen (secondary N) is 1. The van der Waals surface area contributed by atoms with Crippen LogP contribution in [0.5, 0.6) is 0 Å². The molecule has 1 fully saturated rings. The summed E-state index contributed by atoms with van der Waals surface area (Å²) in [5.74, 6) is 0.838. The van der Waals surface area contributed by atoms with Gasteiger partial charge in [-0.05, 0) is 50.8 Å². The molecule has 0 spiro atoms. The summed E-state index contributed by atoms with van der Waals surface area (Å²) in [4.78, 5) is 20.7. The van der Waals surface area contributed by atoms with E-state index in [-0.39, 0.29) is 5.97 Å². The maximum absolute atomic E-state index is 11.2. The quantitative estimate of drug-likeness (QED) is 0.344. The maximum Gasteiger partial charge on any atom is 0.305 e. The highest BCUT2D eigenvalue weighted by atomic mass is 16.5. The molecule has 0 aliphatic carbocycles. The lowest BCUT2D eigenvalue weighted by Crippen LogP contribution is -2.52. The fourth-order valence-electron chi connectivity index (χ4n) is 3.33. The van der Waals surface area contributed by atoms with Gasteiger partial charge in [-0.1, -0.05) is 12.1 Å². The third-order valence-electron chi connectivity index (χ3n) is 5.11. The molecule has 1 aromatic rings. The first kappa shape index (κ1) is 21.1. The SMILES string of the molecule is CCNC(=NCCCCC(=O)OC)N1CCN(c2cccc(C)c2C)CC1. The Morgan fingerprint density at radius 1 is 1.19 bits per heavy atom. The van der Waals surface area contributed by atoms with Crippen LogP contribution in [-0.4, -0.2) is 63.2 Å². The Hall–Kier alpha value is -2.24. The van der Waals surface area contributed by atoms with E-state index in [0.717, 1.165) is 58.1 Å². The number of rotatable bonds is 7. The smallest absolute Gasteiger partial charge is 0.305 e. The molecule has 6 nitrogen and oxygen atoms in total. The van der Waals surface area contributed by atoms with Crippen LogP contribution < -0.4 is 10.2 Å². The van der Waals surface area contributed by atoms with Crippen LogP contribution in [0.25, 0.3) is 0 Å². The molecule has 1 aliphatic rings. The molecule has 1 aromatic carbocycles. The Kier molecular flexibility index (Phi) is 8.43. The van der Waals surface area contributed by atoms with Gasteiger partial charge in [0.15, 0.2) is 5.96 Å². The molecule has 150 valence electrons. The predicted molar refractivity (Wildman–Crippen MR) is 112 cm³/mol. The third-order valence-corrected chi connectivity index (χ3v) is 5.11. The van der Waals surface area contributed by atoms with E-state index in [1.165, 1.54) is 23.9 Å². The van der Waals surface area contributed by atoms with Crippen molar-refractivity contribution in [3.63, 3.8) is 0 Å². The van der Waals surface area contributed by atoms with Gasteiger partial charge in [-0.2, -0.15) is 0 Å². The highest BCUT2D eigenvalue weighted by molar-refractivity contribution is 5.80. The van der Waals surface area contributed by atoms with E-state index >= 15 is 0 Å². The van der Waals surface area contributed by atoms with Crippen molar-refractivity contribution in [3.8, 4) is 0 Å². The van der Waals surface area contributed by atoms with Gasteiger partial charge in [-0.3, -0.25) is 9.79 Å². The van der Waals surface area contributed by atoms with Crippen molar-refractivity contribution >= 4 is 17.6 Å². The lowest BCUT2D eigenvalue weighted by atomic mass is 10.1. The fraction of sp³-hybridized carbons (Fsp3) is 0.619. The number of methoxy groups -OCH3 is 1. The van der Waals surface area contributed by atoms with Crippen molar-refractivity contribution in [2.45, 2.75) is 40.0 Å². The van der Waals surface area contributed by atoms with E-state index < -0.39 is 0 Å². The zero-order valence-corrected chi connectivity index (χ0v) is 17.3. The standard InChI is InChI=1S/C21H34N4O2/c1-5-22-21(23-12-7-6-11-20(26)27-4)25-15-13-24(14-16-25)19-10-8-9-17(2)18(19)3/h8-10H,5-7,11-16H2,1-4H3,(H,22,23). The zero-order valence-electron chi connectivity index (χ0n) is 17.3. The summed E-state index contributed by atoms with van der Waals surface area (Å²) in [7, 11) is 1.43. The Morgan fingerprint density at radius 3 is 2.59 bits per heavy atom. The minimum Gasteiger partial charge on any atom is -0.469 e. The molecule has 0 amide bonds. The molecule has 0 aromatic heterocycles. The molecule has 1 heterocycles. The van der Waals surface area contributed by atoms with E-state index in [4.69, 9.17) is 4.99 Å².